The SMILES string of the molecule is CC.CCC(C)C.C[C@@H]1CCN(c2nc(NC3CCCN(C)C3=O)c3c4c(c(-c5ccc(F)c6sc(NC(=O)OC(C)(C)C)c(C#N)c56)c(O)c3n2)COC4)C1. The summed E-state index contributed by atoms with van der Waals surface area (Å²) in [5.41, 5.74) is 1.67. The topological polar surface area (TPSA) is 153 Å². The van der Waals surface area contributed by atoms with Crippen LogP contribution in [0, 0.1) is 29.0 Å². The van der Waals surface area contributed by atoms with Crippen molar-refractivity contribution in [2.24, 2.45) is 11.8 Å². The monoisotopic (exact) mass is 789 g/mol. The summed E-state index contributed by atoms with van der Waals surface area (Å²) in [6.45, 7) is 20.5. The number of nitrogens with zero attached hydrogens (tertiary/aromatic N) is 5. The number of carbonyl (C=O) groups excluding carboxylic acids is 2. The number of amides is 2. The van der Waals surface area contributed by atoms with Gasteiger partial charge in [0.05, 0.1) is 28.9 Å². The van der Waals surface area contributed by atoms with Crippen LogP contribution in [0.25, 0.3) is 32.1 Å². The van der Waals surface area contributed by atoms with E-state index >= 15 is 4.39 Å². The fourth-order valence-electron chi connectivity index (χ4n) is 7.00. The molecular weight excluding hydrogens is 734 g/mol. The molecule has 5 heterocycles. The first kappa shape index (κ1) is 42.4. The summed E-state index contributed by atoms with van der Waals surface area (Å²) in [5.74, 6) is 1.41. The lowest BCUT2D eigenvalue weighted by atomic mass is 9.90. The highest BCUT2D eigenvalue weighted by Crippen LogP contribution is 2.50. The predicted molar refractivity (Wildman–Crippen MR) is 222 cm³/mol. The number of nitriles is 1. The highest BCUT2D eigenvalue weighted by atomic mass is 32.1. The van der Waals surface area contributed by atoms with Gasteiger partial charge in [0.1, 0.15) is 45.6 Å². The number of hydrogen-bond acceptors (Lipinski definition) is 11. The normalized spacial score (nSPS) is 17.9. The first-order valence-electron chi connectivity index (χ1n) is 19.7. The second-order valence-electron chi connectivity index (χ2n) is 15.9. The Balaban J connectivity index is 0.000000795. The number of phenols is 1. The number of halogens is 1. The van der Waals surface area contributed by atoms with Gasteiger partial charge in [-0.1, -0.05) is 54.0 Å². The first-order chi connectivity index (χ1) is 26.6. The van der Waals surface area contributed by atoms with E-state index in [0.717, 1.165) is 48.7 Å². The molecule has 3 aliphatic heterocycles. The molecule has 14 heteroatoms. The number of likely N-dealkylation sites (N-methyl/N-ethyl adjacent to an activating group) is 1. The van der Waals surface area contributed by atoms with Crippen molar-refractivity contribution in [1.29, 1.82) is 5.26 Å². The van der Waals surface area contributed by atoms with Gasteiger partial charge in [-0.2, -0.15) is 10.2 Å². The largest absolute Gasteiger partial charge is 0.505 e. The van der Waals surface area contributed by atoms with Crippen LogP contribution in [0.1, 0.15) is 105 Å². The second kappa shape index (κ2) is 17.6. The molecule has 2 aromatic carbocycles. The third kappa shape index (κ3) is 8.79. The van der Waals surface area contributed by atoms with Crippen LogP contribution in [-0.4, -0.2) is 70.3 Å². The summed E-state index contributed by atoms with van der Waals surface area (Å²) in [7, 11) is 1.78. The molecule has 12 nitrogen and oxygen atoms in total. The predicted octanol–water partition coefficient (Wildman–Crippen LogP) is 9.56. The van der Waals surface area contributed by atoms with Crippen molar-refractivity contribution in [3.63, 3.8) is 0 Å². The lowest BCUT2D eigenvalue weighted by Crippen LogP contribution is -2.45. The molecule has 3 N–H and O–H groups in total. The molecule has 7 rings (SSSR count). The van der Waals surface area contributed by atoms with Crippen molar-refractivity contribution >= 4 is 61.1 Å². The fourth-order valence-corrected chi connectivity index (χ4v) is 8.07. The van der Waals surface area contributed by atoms with Gasteiger partial charge >= 0.3 is 6.09 Å². The number of likely N-dealkylation sites (tertiary alicyclic amines) is 1. The summed E-state index contributed by atoms with van der Waals surface area (Å²) in [4.78, 5) is 39.6. The minimum absolute atomic E-state index is 0.0333. The number of aromatic hydroxyl groups is 1. The van der Waals surface area contributed by atoms with Gasteiger partial charge in [-0.3, -0.25) is 10.1 Å². The smallest absolute Gasteiger partial charge is 0.412 e. The number of rotatable bonds is 6. The van der Waals surface area contributed by atoms with Crippen LogP contribution in [-0.2, 0) is 27.5 Å². The Morgan fingerprint density at radius 3 is 2.48 bits per heavy atom. The van der Waals surface area contributed by atoms with Gasteiger partial charge in [0, 0.05) is 37.6 Å². The molecule has 0 spiro atoms. The van der Waals surface area contributed by atoms with Crippen molar-refractivity contribution < 1.29 is 28.6 Å². The minimum atomic E-state index is -0.789. The number of thiophene rings is 1. The first-order valence-corrected chi connectivity index (χ1v) is 20.5. The third-order valence-corrected chi connectivity index (χ3v) is 11.2. The molecule has 4 aromatic rings. The second-order valence-corrected chi connectivity index (χ2v) is 16.9. The fraction of sp³-hybridized carbons (Fsp3) is 0.548. The number of aromatic nitrogens is 2. The Bertz CT molecular complexity index is 2140. The van der Waals surface area contributed by atoms with Crippen LogP contribution < -0.4 is 15.5 Å². The van der Waals surface area contributed by atoms with E-state index in [9.17, 15) is 20.0 Å². The maximum Gasteiger partial charge on any atom is 0.412 e. The standard InChI is InChI=1S/C35H38FN7O5S.C5H12.C2H6/c1-17-10-12-43(14-17)33-39-27-26(30(40-33)38-23-7-6-11-42(5)32(23)45)21-16-47-15-20(21)24(28(27)44)18-8-9-22(36)29-25(18)19(13-37)31(49-29)41-34(46)48-35(2,3)4;1-4-5(2)3;1-2/h8-9,17,23,44H,6-7,10-12,14-16H2,1-5H3,(H,41,46)(H,38,39,40);5H,4H2,1-3H3;1-2H3/t17-,23?;;/m1../s1. The van der Waals surface area contributed by atoms with Crippen LogP contribution in [0.15, 0.2) is 12.1 Å². The summed E-state index contributed by atoms with van der Waals surface area (Å²) in [6, 6.07) is 4.46. The van der Waals surface area contributed by atoms with Gasteiger partial charge in [-0.25, -0.2) is 14.2 Å². The van der Waals surface area contributed by atoms with Crippen molar-refractivity contribution in [3.8, 4) is 22.9 Å². The Labute approximate surface area is 333 Å². The molecule has 2 fully saturated rings. The number of hydrogen-bond donors (Lipinski definition) is 3. The highest BCUT2D eigenvalue weighted by Gasteiger charge is 2.34. The molecule has 1 unspecified atom stereocenters. The number of benzene rings is 2. The van der Waals surface area contributed by atoms with E-state index in [0.29, 0.717) is 52.7 Å². The lowest BCUT2D eigenvalue weighted by Gasteiger charge is -2.30. The average Bonchev–Trinajstić information content (AvgIpc) is 3.90. The maximum absolute atomic E-state index is 15.4. The quantitative estimate of drug-likeness (QED) is 0.172. The van der Waals surface area contributed by atoms with E-state index in [2.05, 4.69) is 49.3 Å². The van der Waals surface area contributed by atoms with E-state index < -0.39 is 23.6 Å². The minimum Gasteiger partial charge on any atom is -0.505 e. The molecule has 56 heavy (non-hydrogen) atoms. The zero-order chi connectivity index (χ0) is 41.1. The molecule has 2 atom stereocenters. The zero-order valence-electron chi connectivity index (χ0n) is 34.4. The molecule has 2 aromatic heterocycles. The van der Waals surface area contributed by atoms with E-state index in [4.69, 9.17) is 19.4 Å². The number of nitrogens with one attached hydrogen (secondary N) is 2. The Hall–Kier alpha value is -4.74. The molecule has 0 radical (unpaired) electrons. The molecule has 0 saturated carbocycles. The molecule has 3 aliphatic rings. The highest BCUT2D eigenvalue weighted by molar-refractivity contribution is 7.23. The van der Waals surface area contributed by atoms with Crippen LogP contribution in [0.3, 0.4) is 0 Å². The lowest BCUT2D eigenvalue weighted by molar-refractivity contribution is -0.132. The summed E-state index contributed by atoms with van der Waals surface area (Å²) in [5, 5.41) is 29.6. The third-order valence-electron chi connectivity index (χ3n) is 10.1. The molecular formula is C42H56FN7O5S. The van der Waals surface area contributed by atoms with Crippen LogP contribution in [0.5, 0.6) is 5.75 Å². The van der Waals surface area contributed by atoms with Crippen molar-refractivity contribution in [1.82, 2.24) is 14.9 Å². The number of fused-ring (bicyclic) bond motifs is 4. The van der Waals surface area contributed by atoms with E-state index in [-0.39, 0.29) is 51.0 Å². The van der Waals surface area contributed by atoms with Gasteiger partial charge in [-0.05, 0) is 74.6 Å². The van der Waals surface area contributed by atoms with Gasteiger partial charge in [0.25, 0.3) is 0 Å². The van der Waals surface area contributed by atoms with Gasteiger partial charge < -0.3 is 29.7 Å². The van der Waals surface area contributed by atoms with Gasteiger partial charge in [0.15, 0.2) is 0 Å². The Morgan fingerprint density at radius 2 is 1.86 bits per heavy atom. The molecule has 0 bridgehead atoms. The van der Waals surface area contributed by atoms with Crippen LogP contribution >= 0.6 is 11.3 Å². The van der Waals surface area contributed by atoms with Crippen molar-refractivity contribution in [2.75, 3.05) is 42.2 Å². The van der Waals surface area contributed by atoms with Crippen LogP contribution in [0.2, 0.25) is 0 Å². The van der Waals surface area contributed by atoms with E-state index in [1.807, 2.05) is 13.8 Å². The summed E-state index contributed by atoms with van der Waals surface area (Å²) >= 11 is 0.922. The molecule has 2 amide bonds. The number of anilines is 3. The van der Waals surface area contributed by atoms with Crippen molar-refractivity contribution in [2.45, 2.75) is 113 Å². The number of carbonyl (C=O) groups is 2. The molecule has 2 saturated heterocycles. The maximum atomic E-state index is 15.4. The zero-order valence-corrected chi connectivity index (χ0v) is 35.2. The van der Waals surface area contributed by atoms with E-state index in [1.54, 1.807) is 32.7 Å². The number of ether oxygens (including phenoxy) is 2. The van der Waals surface area contributed by atoms with Gasteiger partial charge in [-0.15, -0.1) is 11.3 Å². The van der Waals surface area contributed by atoms with Gasteiger partial charge in [0.2, 0.25) is 11.9 Å². The molecule has 302 valence electrons. The van der Waals surface area contributed by atoms with Crippen molar-refractivity contribution in [3.05, 3.63) is 34.6 Å². The van der Waals surface area contributed by atoms with Crippen LogP contribution in [0.4, 0.5) is 26.0 Å². The summed E-state index contributed by atoms with van der Waals surface area (Å²) in [6.07, 6.45) is 2.97. The Morgan fingerprint density at radius 1 is 1.16 bits per heavy atom. The number of piperidine rings is 1. The Kier molecular flexibility index (Phi) is 13.3. The van der Waals surface area contributed by atoms with E-state index in [1.165, 1.54) is 18.6 Å². The number of phenolic OH excluding ortho intramolecular Hbond substituents is 1. The summed E-state index contributed by atoms with van der Waals surface area (Å²) < 4.78 is 27.0. The average molecular weight is 790 g/mol. The molecule has 0 aliphatic carbocycles.